The van der Waals surface area contributed by atoms with Crippen molar-refractivity contribution in [2.24, 2.45) is 0 Å². The van der Waals surface area contributed by atoms with Crippen LogP contribution in [0.5, 0.6) is 0 Å². The van der Waals surface area contributed by atoms with Gasteiger partial charge in [-0.2, -0.15) is 0 Å². The van der Waals surface area contributed by atoms with Gasteiger partial charge in [-0.25, -0.2) is 4.79 Å². The van der Waals surface area contributed by atoms with Gasteiger partial charge in [-0.1, -0.05) is 30.9 Å². The Hall–Kier alpha value is -1.31. The van der Waals surface area contributed by atoms with Crippen molar-refractivity contribution in [3.05, 3.63) is 37.0 Å². The summed E-state index contributed by atoms with van der Waals surface area (Å²) in [5.74, 6) is -0.366. The smallest absolute Gasteiger partial charge is 0.330 e. The van der Waals surface area contributed by atoms with E-state index in [9.17, 15) is 4.79 Å². The van der Waals surface area contributed by atoms with E-state index in [0.717, 1.165) is 12.5 Å². The molecule has 0 heterocycles. The van der Waals surface area contributed by atoms with E-state index < -0.39 is 0 Å². The van der Waals surface area contributed by atoms with Crippen molar-refractivity contribution in [3.63, 3.8) is 0 Å². The summed E-state index contributed by atoms with van der Waals surface area (Å²) in [6, 6.07) is 0. The minimum atomic E-state index is -0.366. The molecule has 66 valence electrons. The molecule has 12 heavy (non-hydrogen) atoms. The van der Waals surface area contributed by atoms with Crippen LogP contribution in [0.4, 0.5) is 0 Å². The van der Waals surface area contributed by atoms with Crippen molar-refractivity contribution < 1.29 is 9.53 Å². The molecule has 0 aliphatic carbocycles. The average Bonchev–Trinajstić information content (AvgIpc) is 2.10. The van der Waals surface area contributed by atoms with E-state index in [-0.39, 0.29) is 5.97 Å². The summed E-state index contributed by atoms with van der Waals surface area (Å²) in [4.78, 5) is 10.5. The maximum atomic E-state index is 10.5. The number of hydrogen-bond donors (Lipinski definition) is 0. The predicted octanol–water partition coefficient (Wildman–Crippen LogP) is 2.24. The maximum Gasteiger partial charge on any atom is 0.330 e. The van der Waals surface area contributed by atoms with Gasteiger partial charge in [0.25, 0.3) is 0 Å². The highest BCUT2D eigenvalue weighted by Crippen LogP contribution is 1.87. The van der Waals surface area contributed by atoms with E-state index in [1.165, 1.54) is 0 Å². The predicted molar refractivity (Wildman–Crippen MR) is 49.7 cm³/mol. The monoisotopic (exact) mass is 166 g/mol. The second kappa shape index (κ2) is 7.79. The molecule has 0 saturated heterocycles. The number of ether oxygens (including phenoxy) is 1. The standard InChI is InChI=1S/C10H14O2/c1-3-5-6-7-8-9-12-10(11)4-2/h3-7H,2,8-9H2,1H3. The van der Waals surface area contributed by atoms with Gasteiger partial charge >= 0.3 is 5.97 Å². The molecule has 0 unspecified atom stereocenters. The molecule has 0 spiro atoms. The molecule has 0 saturated carbocycles. The number of allylic oxidation sites excluding steroid dienone is 3. The molecule has 0 amide bonds. The van der Waals surface area contributed by atoms with Gasteiger partial charge in [0.05, 0.1) is 6.61 Å². The van der Waals surface area contributed by atoms with Crippen molar-refractivity contribution in [2.75, 3.05) is 6.61 Å². The quantitative estimate of drug-likeness (QED) is 0.271. The number of carbonyl (C=O) groups is 1. The first-order valence-corrected chi connectivity index (χ1v) is 3.88. The molecule has 0 aromatic carbocycles. The molecule has 2 nitrogen and oxygen atoms in total. The Bertz CT molecular complexity index is 190. The van der Waals surface area contributed by atoms with Crippen LogP contribution in [0.3, 0.4) is 0 Å². The highest BCUT2D eigenvalue weighted by Gasteiger charge is 1.90. The zero-order valence-corrected chi connectivity index (χ0v) is 7.32. The van der Waals surface area contributed by atoms with Crippen LogP contribution in [-0.2, 0) is 9.53 Å². The Morgan fingerprint density at radius 2 is 2.25 bits per heavy atom. The van der Waals surface area contributed by atoms with Crippen LogP contribution in [0.1, 0.15) is 13.3 Å². The fourth-order valence-electron chi connectivity index (χ4n) is 0.572. The highest BCUT2D eigenvalue weighted by atomic mass is 16.5. The van der Waals surface area contributed by atoms with E-state index in [1.807, 2.05) is 31.2 Å². The lowest BCUT2D eigenvalue weighted by atomic mass is 10.4. The molecule has 0 rings (SSSR count). The number of esters is 1. The summed E-state index contributed by atoms with van der Waals surface area (Å²) in [7, 11) is 0. The van der Waals surface area contributed by atoms with Gasteiger partial charge in [0.1, 0.15) is 0 Å². The summed E-state index contributed by atoms with van der Waals surface area (Å²) in [6.07, 6.45) is 9.62. The van der Waals surface area contributed by atoms with Crippen LogP contribution < -0.4 is 0 Å². The third-order valence-electron chi connectivity index (χ3n) is 1.14. The van der Waals surface area contributed by atoms with Crippen molar-refractivity contribution in [2.45, 2.75) is 13.3 Å². The lowest BCUT2D eigenvalue weighted by molar-refractivity contribution is -0.137. The summed E-state index contributed by atoms with van der Waals surface area (Å²) in [6.45, 7) is 5.65. The van der Waals surface area contributed by atoms with Crippen LogP contribution in [0, 0.1) is 0 Å². The van der Waals surface area contributed by atoms with Crippen molar-refractivity contribution in [3.8, 4) is 0 Å². The van der Waals surface area contributed by atoms with Crippen molar-refractivity contribution >= 4 is 5.97 Å². The first kappa shape index (κ1) is 10.7. The molecular weight excluding hydrogens is 152 g/mol. The van der Waals surface area contributed by atoms with Crippen LogP contribution in [0.25, 0.3) is 0 Å². The minimum Gasteiger partial charge on any atom is -0.462 e. The number of carbonyl (C=O) groups excluding carboxylic acids is 1. The zero-order chi connectivity index (χ0) is 9.23. The number of hydrogen-bond acceptors (Lipinski definition) is 2. The molecule has 0 fully saturated rings. The molecular formula is C10H14O2. The lowest BCUT2D eigenvalue weighted by Crippen LogP contribution is -2.00. The van der Waals surface area contributed by atoms with Gasteiger partial charge in [-0.05, 0) is 13.3 Å². The Kier molecular flexibility index (Phi) is 6.94. The molecule has 2 heteroatoms. The fraction of sp³-hybridized carbons (Fsp3) is 0.300. The van der Waals surface area contributed by atoms with E-state index in [2.05, 4.69) is 6.58 Å². The van der Waals surface area contributed by atoms with Crippen LogP contribution in [-0.4, -0.2) is 12.6 Å². The Morgan fingerprint density at radius 3 is 2.83 bits per heavy atom. The fourth-order valence-corrected chi connectivity index (χ4v) is 0.572. The van der Waals surface area contributed by atoms with Gasteiger partial charge < -0.3 is 4.74 Å². The molecule has 0 aromatic heterocycles. The second-order valence-electron chi connectivity index (χ2n) is 2.11. The molecule has 0 aromatic rings. The largest absolute Gasteiger partial charge is 0.462 e. The third kappa shape index (κ3) is 6.81. The molecule has 0 aliphatic heterocycles. The molecule has 0 atom stereocenters. The summed E-state index contributed by atoms with van der Waals surface area (Å²) >= 11 is 0. The zero-order valence-electron chi connectivity index (χ0n) is 7.32. The van der Waals surface area contributed by atoms with E-state index in [4.69, 9.17) is 4.74 Å². The molecule has 0 aliphatic rings. The van der Waals surface area contributed by atoms with Gasteiger partial charge in [0.15, 0.2) is 0 Å². The van der Waals surface area contributed by atoms with E-state index in [0.29, 0.717) is 6.61 Å². The first-order valence-electron chi connectivity index (χ1n) is 3.88. The van der Waals surface area contributed by atoms with Crippen molar-refractivity contribution in [1.82, 2.24) is 0 Å². The topological polar surface area (TPSA) is 26.3 Å². The van der Waals surface area contributed by atoms with Crippen molar-refractivity contribution in [1.29, 1.82) is 0 Å². The van der Waals surface area contributed by atoms with Crippen LogP contribution >= 0.6 is 0 Å². The first-order chi connectivity index (χ1) is 5.81. The molecule has 0 bridgehead atoms. The third-order valence-corrected chi connectivity index (χ3v) is 1.14. The molecule has 0 N–H and O–H groups in total. The van der Waals surface area contributed by atoms with Gasteiger partial charge in [-0.3, -0.25) is 0 Å². The SMILES string of the molecule is C=CC(=O)OCCC=CC=CC. The maximum absolute atomic E-state index is 10.5. The Balaban J connectivity index is 3.32. The average molecular weight is 166 g/mol. The number of rotatable bonds is 5. The summed E-state index contributed by atoms with van der Waals surface area (Å²) < 4.78 is 4.74. The van der Waals surface area contributed by atoms with Crippen LogP contribution in [0.2, 0.25) is 0 Å². The summed E-state index contributed by atoms with van der Waals surface area (Å²) in [5.41, 5.74) is 0. The Morgan fingerprint density at radius 1 is 1.50 bits per heavy atom. The normalized spacial score (nSPS) is 10.8. The second-order valence-corrected chi connectivity index (χ2v) is 2.11. The molecule has 0 radical (unpaired) electrons. The lowest BCUT2D eigenvalue weighted by Gasteiger charge is -1.96. The summed E-state index contributed by atoms with van der Waals surface area (Å²) in [5, 5.41) is 0. The van der Waals surface area contributed by atoms with Gasteiger partial charge in [0, 0.05) is 6.08 Å². The highest BCUT2D eigenvalue weighted by molar-refractivity contribution is 5.81. The minimum absolute atomic E-state index is 0.366. The van der Waals surface area contributed by atoms with Gasteiger partial charge in [-0.15, -0.1) is 0 Å². The van der Waals surface area contributed by atoms with Crippen LogP contribution in [0.15, 0.2) is 37.0 Å². The van der Waals surface area contributed by atoms with E-state index in [1.54, 1.807) is 0 Å². The Labute approximate surface area is 73.2 Å². The van der Waals surface area contributed by atoms with Gasteiger partial charge in [0.2, 0.25) is 0 Å². The van der Waals surface area contributed by atoms with E-state index >= 15 is 0 Å².